The van der Waals surface area contributed by atoms with Crippen molar-refractivity contribution in [3.63, 3.8) is 0 Å². The molecule has 6 rings (SSSR count). The van der Waals surface area contributed by atoms with Crippen molar-refractivity contribution in [3.05, 3.63) is 114 Å². The van der Waals surface area contributed by atoms with Gasteiger partial charge < -0.3 is 25.4 Å². The molecule has 4 aromatic rings. The van der Waals surface area contributed by atoms with Crippen LogP contribution in [0.5, 0.6) is 11.6 Å². The Morgan fingerprint density at radius 3 is 2.31 bits per heavy atom. The molecule has 1 saturated carbocycles. The van der Waals surface area contributed by atoms with Crippen molar-refractivity contribution in [2.24, 2.45) is 5.73 Å². The van der Waals surface area contributed by atoms with Crippen LogP contribution in [0.2, 0.25) is 0 Å². The van der Waals surface area contributed by atoms with Crippen LogP contribution in [0.1, 0.15) is 47.2 Å². The Kier molecular flexibility index (Phi) is 10.9. The molecular formula is C38H42FN5O4. The number of halogens is 1. The van der Waals surface area contributed by atoms with E-state index in [-0.39, 0.29) is 36.2 Å². The van der Waals surface area contributed by atoms with Gasteiger partial charge in [-0.15, -0.1) is 0 Å². The van der Waals surface area contributed by atoms with Crippen LogP contribution < -0.4 is 15.8 Å². The minimum absolute atomic E-state index is 0.0292. The lowest BCUT2D eigenvalue weighted by Gasteiger charge is -2.34. The Hall–Kier alpha value is -4.80. The van der Waals surface area contributed by atoms with Gasteiger partial charge in [-0.2, -0.15) is 0 Å². The number of nitrogens with two attached hydrogens (primary N) is 1. The van der Waals surface area contributed by atoms with Crippen molar-refractivity contribution in [1.82, 2.24) is 20.1 Å². The highest BCUT2D eigenvalue weighted by atomic mass is 19.1. The van der Waals surface area contributed by atoms with E-state index in [4.69, 9.17) is 15.2 Å². The van der Waals surface area contributed by atoms with Gasteiger partial charge in [0.05, 0.1) is 6.20 Å². The van der Waals surface area contributed by atoms with Crippen molar-refractivity contribution < 1.29 is 23.5 Å². The SMILES string of the molecule is NC1CCC(NC(=O)c2cc(F)cnc2Oc2cc(CCN3CCN(C(=O)OCc4ccccc4)CC3)ccc2-c2ccccc2)CC1. The summed E-state index contributed by atoms with van der Waals surface area (Å²) in [6, 6.07) is 26.9. The lowest BCUT2D eigenvalue weighted by atomic mass is 9.91. The molecule has 3 aromatic carbocycles. The predicted molar refractivity (Wildman–Crippen MR) is 182 cm³/mol. The van der Waals surface area contributed by atoms with Crippen molar-refractivity contribution >= 4 is 12.0 Å². The van der Waals surface area contributed by atoms with Gasteiger partial charge in [0, 0.05) is 50.4 Å². The molecule has 10 heteroatoms. The third kappa shape index (κ3) is 8.76. The summed E-state index contributed by atoms with van der Waals surface area (Å²) in [6.45, 7) is 3.75. The Balaban J connectivity index is 1.12. The second kappa shape index (κ2) is 15.9. The summed E-state index contributed by atoms with van der Waals surface area (Å²) in [7, 11) is 0. The Morgan fingerprint density at radius 2 is 1.58 bits per heavy atom. The summed E-state index contributed by atoms with van der Waals surface area (Å²) in [5.41, 5.74) is 9.87. The summed E-state index contributed by atoms with van der Waals surface area (Å²) in [4.78, 5) is 34.3. The molecule has 0 bridgehead atoms. The molecule has 2 aliphatic rings. The van der Waals surface area contributed by atoms with E-state index in [1.54, 1.807) is 4.90 Å². The molecule has 1 aliphatic carbocycles. The summed E-state index contributed by atoms with van der Waals surface area (Å²) in [5, 5.41) is 3.03. The van der Waals surface area contributed by atoms with Gasteiger partial charge in [0.2, 0.25) is 5.88 Å². The van der Waals surface area contributed by atoms with Gasteiger partial charge in [-0.1, -0.05) is 72.8 Å². The van der Waals surface area contributed by atoms with E-state index in [1.165, 1.54) is 6.07 Å². The number of piperazine rings is 1. The van der Waals surface area contributed by atoms with Crippen molar-refractivity contribution in [3.8, 4) is 22.8 Å². The molecule has 1 saturated heterocycles. The number of hydrogen-bond acceptors (Lipinski definition) is 7. The number of rotatable bonds is 10. The molecule has 1 aliphatic heterocycles. The minimum Gasteiger partial charge on any atom is -0.445 e. The number of pyridine rings is 1. The van der Waals surface area contributed by atoms with Crippen LogP contribution in [0.4, 0.5) is 9.18 Å². The van der Waals surface area contributed by atoms with Crippen LogP contribution in [0.15, 0.2) is 91.1 Å². The Bertz CT molecular complexity index is 1670. The van der Waals surface area contributed by atoms with Crippen LogP contribution in [0, 0.1) is 5.82 Å². The fourth-order valence-electron chi connectivity index (χ4n) is 6.22. The largest absolute Gasteiger partial charge is 0.445 e. The minimum atomic E-state index is -0.611. The maximum absolute atomic E-state index is 14.4. The van der Waals surface area contributed by atoms with Crippen LogP contribution >= 0.6 is 0 Å². The molecule has 9 nitrogen and oxygen atoms in total. The van der Waals surface area contributed by atoms with E-state index >= 15 is 0 Å². The molecule has 48 heavy (non-hydrogen) atoms. The van der Waals surface area contributed by atoms with E-state index in [0.29, 0.717) is 18.8 Å². The lowest BCUT2D eigenvalue weighted by molar-refractivity contribution is 0.0719. The zero-order chi connectivity index (χ0) is 33.3. The third-order valence-corrected chi connectivity index (χ3v) is 9.06. The van der Waals surface area contributed by atoms with E-state index in [2.05, 4.69) is 21.3 Å². The summed E-state index contributed by atoms with van der Waals surface area (Å²) in [5.74, 6) is -0.453. The number of carbonyl (C=O) groups is 2. The van der Waals surface area contributed by atoms with Gasteiger partial charge in [0.25, 0.3) is 5.91 Å². The highest BCUT2D eigenvalue weighted by Crippen LogP contribution is 2.35. The Labute approximate surface area is 280 Å². The number of nitrogens with one attached hydrogen (secondary N) is 1. The van der Waals surface area contributed by atoms with Crippen LogP contribution in [-0.4, -0.2) is 71.6 Å². The maximum Gasteiger partial charge on any atom is 0.410 e. The Morgan fingerprint density at radius 1 is 0.875 bits per heavy atom. The molecule has 2 heterocycles. The fraction of sp³-hybridized carbons (Fsp3) is 0.342. The van der Waals surface area contributed by atoms with Crippen molar-refractivity contribution in [2.45, 2.75) is 50.8 Å². The fourth-order valence-corrected chi connectivity index (χ4v) is 6.22. The second-order valence-electron chi connectivity index (χ2n) is 12.5. The number of aromatic nitrogens is 1. The quantitative estimate of drug-likeness (QED) is 0.211. The number of nitrogens with zero attached hydrogens (tertiary/aromatic N) is 3. The molecule has 1 aromatic heterocycles. The average molecular weight is 652 g/mol. The summed E-state index contributed by atoms with van der Waals surface area (Å²) >= 11 is 0. The van der Waals surface area contributed by atoms with Gasteiger partial charge in [-0.05, 0) is 60.9 Å². The van der Waals surface area contributed by atoms with Gasteiger partial charge in [0.15, 0.2) is 0 Å². The van der Waals surface area contributed by atoms with Crippen molar-refractivity contribution in [1.29, 1.82) is 0 Å². The zero-order valence-electron chi connectivity index (χ0n) is 27.0. The standard InChI is InChI=1S/C38H42FN5O4/c39-30-24-34(36(45)42-32-14-12-31(40)13-15-32)37(41-25-30)48-35-23-27(11-16-33(35)29-9-5-2-6-10-29)17-18-43-19-21-44(22-20-43)38(46)47-26-28-7-3-1-4-8-28/h1-11,16,23-25,31-32H,12-15,17-22,26,40H2,(H,42,45). The number of carbonyl (C=O) groups excluding carboxylic acids is 2. The molecule has 0 radical (unpaired) electrons. The average Bonchev–Trinajstić information content (AvgIpc) is 3.12. The van der Waals surface area contributed by atoms with E-state index in [1.807, 2.05) is 72.8 Å². The molecule has 2 fully saturated rings. The van der Waals surface area contributed by atoms with Gasteiger partial charge in [-0.25, -0.2) is 14.2 Å². The molecule has 250 valence electrons. The van der Waals surface area contributed by atoms with E-state index in [9.17, 15) is 14.0 Å². The summed E-state index contributed by atoms with van der Waals surface area (Å²) in [6.07, 6.45) is 4.74. The van der Waals surface area contributed by atoms with Gasteiger partial charge in [0.1, 0.15) is 23.7 Å². The van der Waals surface area contributed by atoms with Crippen molar-refractivity contribution in [2.75, 3.05) is 32.7 Å². The first-order chi connectivity index (χ1) is 23.4. The predicted octanol–water partition coefficient (Wildman–Crippen LogP) is 6.18. The molecule has 3 N–H and O–H groups in total. The molecule has 0 spiro atoms. The number of hydrogen-bond donors (Lipinski definition) is 2. The van der Waals surface area contributed by atoms with Gasteiger partial charge >= 0.3 is 6.09 Å². The molecule has 2 amide bonds. The number of benzene rings is 3. The highest BCUT2D eigenvalue weighted by Gasteiger charge is 2.25. The first-order valence-electron chi connectivity index (χ1n) is 16.7. The van der Waals surface area contributed by atoms with Crippen LogP contribution in [0.25, 0.3) is 11.1 Å². The third-order valence-electron chi connectivity index (χ3n) is 9.06. The monoisotopic (exact) mass is 651 g/mol. The van der Waals surface area contributed by atoms with E-state index in [0.717, 1.165) is 80.2 Å². The highest BCUT2D eigenvalue weighted by molar-refractivity contribution is 5.96. The normalized spacial score (nSPS) is 18.2. The number of amides is 2. The second-order valence-corrected chi connectivity index (χ2v) is 12.5. The lowest BCUT2D eigenvalue weighted by Crippen LogP contribution is -2.49. The van der Waals surface area contributed by atoms with Gasteiger partial charge in [-0.3, -0.25) is 9.69 Å². The maximum atomic E-state index is 14.4. The summed E-state index contributed by atoms with van der Waals surface area (Å²) < 4.78 is 26.3. The van der Waals surface area contributed by atoms with Crippen LogP contribution in [-0.2, 0) is 17.8 Å². The van der Waals surface area contributed by atoms with Crippen LogP contribution in [0.3, 0.4) is 0 Å². The molecular weight excluding hydrogens is 609 g/mol. The first kappa shape index (κ1) is 33.1. The zero-order valence-corrected chi connectivity index (χ0v) is 27.0. The molecule has 0 unspecified atom stereocenters. The number of ether oxygens (including phenoxy) is 2. The molecule has 0 atom stereocenters. The topological polar surface area (TPSA) is 110 Å². The first-order valence-corrected chi connectivity index (χ1v) is 16.7. The smallest absolute Gasteiger partial charge is 0.410 e. The van der Waals surface area contributed by atoms with E-state index < -0.39 is 11.7 Å².